The van der Waals surface area contributed by atoms with Gasteiger partial charge in [0.05, 0.1) is 34.3 Å². The molecule has 1 fully saturated rings. The summed E-state index contributed by atoms with van der Waals surface area (Å²) in [6, 6.07) is 9.99. The maximum absolute atomic E-state index is 13.5. The van der Waals surface area contributed by atoms with Crippen molar-refractivity contribution in [3.05, 3.63) is 53.3 Å². The van der Waals surface area contributed by atoms with Crippen LogP contribution in [0, 0.1) is 0 Å². The Bertz CT molecular complexity index is 1370. The molecule has 2 atom stereocenters. The van der Waals surface area contributed by atoms with Gasteiger partial charge in [-0.25, -0.2) is 4.98 Å². The lowest BCUT2D eigenvalue weighted by Crippen LogP contribution is -2.41. The van der Waals surface area contributed by atoms with Gasteiger partial charge in [-0.2, -0.15) is 8.78 Å². The lowest BCUT2D eigenvalue weighted by Gasteiger charge is -2.32. The quantitative estimate of drug-likeness (QED) is 0.501. The molecule has 7 nitrogen and oxygen atoms in total. The second-order valence-corrected chi connectivity index (χ2v) is 10.6. The van der Waals surface area contributed by atoms with Gasteiger partial charge in [-0.3, -0.25) is 4.79 Å². The number of amides is 1. The standard InChI is InChI=1S/C26H28BF2N3O4/c1-6-31-19-13-18(21-15(23(31)33)8-7-9-20(21)34-24(28)29)32-17-12-14(10-11-16(17)30-22(19)32)27-35-25(2,3)26(4,5)36-27/h7-12,18-19,24H,6,13H2,1-5H3. The molecule has 3 aromatic rings. The molecule has 3 aliphatic rings. The predicted octanol–water partition coefficient (Wildman–Crippen LogP) is 4.45. The Hall–Kier alpha value is -2.98. The summed E-state index contributed by atoms with van der Waals surface area (Å²) in [5, 5.41) is 0. The molecule has 36 heavy (non-hydrogen) atoms. The first-order valence-electron chi connectivity index (χ1n) is 12.3. The van der Waals surface area contributed by atoms with E-state index in [1.54, 1.807) is 17.0 Å². The van der Waals surface area contributed by atoms with Gasteiger partial charge in [0.25, 0.3) is 5.91 Å². The highest BCUT2D eigenvalue weighted by Gasteiger charge is 2.52. The summed E-state index contributed by atoms with van der Waals surface area (Å²) < 4.78 is 46.2. The van der Waals surface area contributed by atoms with Crippen LogP contribution in [-0.2, 0) is 9.31 Å². The van der Waals surface area contributed by atoms with Crippen molar-refractivity contribution < 1.29 is 27.6 Å². The first kappa shape index (κ1) is 23.4. The highest BCUT2D eigenvalue weighted by molar-refractivity contribution is 6.62. The number of halogens is 2. The monoisotopic (exact) mass is 495 g/mol. The molecule has 2 unspecified atom stereocenters. The van der Waals surface area contributed by atoms with Crippen molar-refractivity contribution in [2.24, 2.45) is 0 Å². The number of aromatic nitrogens is 2. The summed E-state index contributed by atoms with van der Waals surface area (Å²) in [7, 11) is -0.548. The number of carbonyl (C=O) groups is 1. The van der Waals surface area contributed by atoms with Crippen LogP contribution in [0.4, 0.5) is 8.78 Å². The molecular formula is C26H28BF2N3O4. The fraction of sp³-hybridized carbons (Fsp3) is 0.462. The molecule has 0 saturated carbocycles. The number of carbonyl (C=O) groups excluding carboxylic acids is 1. The van der Waals surface area contributed by atoms with Crippen molar-refractivity contribution in [3.63, 3.8) is 0 Å². The molecule has 1 aromatic heterocycles. The number of ether oxygens (including phenoxy) is 1. The third-order valence-electron chi connectivity index (χ3n) is 8.15. The zero-order chi connectivity index (χ0) is 25.6. The molecule has 2 bridgehead atoms. The number of benzene rings is 2. The van der Waals surface area contributed by atoms with E-state index < -0.39 is 24.9 Å². The molecule has 10 heteroatoms. The molecule has 4 heterocycles. The Kier molecular flexibility index (Phi) is 5.05. The number of alkyl halides is 2. The highest BCUT2D eigenvalue weighted by Crippen LogP contribution is 2.50. The molecule has 6 rings (SSSR count). The third-order valence-corrected chi connectivity index (χ3v) is 8.15. The van der Waals surface area contributed by atoms with Crippen LogP contribution in [0.25, 0.3) is 11.0 Å². The van der Waals surface area contributed by atoms with Gasteiger partial charge >= 0.3 is 13.7 Å². The molecule has 0 spiro atoms. The van der Waals surface area contributed by atoms with Crippen LogP contribution >= 0.6 is 0 Å². The summed E-state index contributed by atoms with van der Waals surface area (Å²) in [4.78, 5) is 20.1. The van der Waals surface area contributed by atoms with E-state index in [2.05, 4.69) is 4.57 Å². The number of imidazole rings is 1. The van der Waals surface area contributed by atoms with Crippen molar-refractivity contribution >= 4 is 29.5 Å². The zero-order valence-corrected chi connectivity index (χ0v) is 20.9. The molecule has 0 N–H and O–H groups in total. The summed E-state index contributed by atoms with van der Waals surface area (Å²) in [6.07, 6.45) is 0.537. The Morgan fingerprint density at radius 1 is 1.14 bits per heavy atom. The van der Waals surface area contributed by atoms with Crippen molar-refractivity contribution in [2.45, 2.75) is 70.9 Å². The van der Waals surface area contributed by atoms with Gasteiger partial charge in [0, 0.05) is 24.1 Å². The molecule has 0 aliphatic carbocycles. The van der Waals surface area contributed by atoms with Crippen LogP contribution < -0.4 is 10.2 Å². The van der Waals surface area contributed by atoms with E-state index in [0.29, 0.717) is 24.1 Å². The van der Waals surface area contributed by atoms with Crippen molar-refractivity contribution in [1.82, 2.24) is 14.5 Å². The third kappa shape index (κ3) is 3.23. The molecular weight excluding hydrogens is 467 g/mol. The van der Waals surface area contributed by atoms with Crippen molar-refractivity contribution in [3.8, 4) is 5.75 Å². The fourth-order valence-corrected chi connectivity index (χ4v) is 5.69. The van der Waals surface area contributed by atoms with Crippen LogP contribution in [0.2, 0.25) is 0 Å². The van der Waals surface area contributed by atoms with Gasteiger partial charge in [0.15, 0.2) is 0 Å². The number of hydrogen-bond donors (Lipinski definition) is 0. The minimum absolute atomic E-state index is 0.0226. The van der Waals surface area contributed by atoms with Crippen LogP contribution in [0.5, 0.6) is 5.75 Å². The normalized spacial score (nSPS) is 23.8. The van der Waals surface area contributed by atoms with E-state index in [4.69, 9.17) is 19.0 Å². The molecule has 1 amide bonds. The molecule has 1 saturated heterocycles. The fourth-order valence-electron chi connectivity index (χ4n) is 5.69. The van der Waals surface area contributed by atoms with Crippen LogP contribution in [-0.4, -0.2) is 51.8 Å². The number of fused-ring (bicyclic) bond motifs is 9. The summed E-state index contributed by atoms with van der Waals surface area (Å²) in [6.45, 7) is 7.41. The topological polar surface area (TPSA) is 65.8 Å². The number of rotatable bonds is 4. The Morgan fingerprint density at radius 2 is 1.86 bits per heavy atom. The van der Waals surface area contributed by atoms with Gasteiger partial charge < -0.3 is 23.5 Å². The van der Waals surface area contributed by atoms with E-state index in [9.17, 15) is 13.6 Å². The SMILES string of the molecule is CCN1C(=O)c2cccc(OC(F)F)c2C2CC1c1nc3ccc(B4OC(C)(C)C(C)(C)O4)cc3n12. The second kappa shape index (κ2) is 7.76. The van der Waals surface area contributed by atoms with Gasteiger partial charge in [-0.1, -0.05) is 12.1 Å². The Balaban J connectivity index is 1.53. The average Bonchev–Trinajstić information content (AvgIpc) is 3.38. The van der Waals surface area contributed by atoms with Gasteiger partial charge in [0.1, 0.15) is 11.6 Å². The van der Waals surface area contributed by atoms with E-state index >= 15 is 0 Å². The second-order valence-electron chi connectivity index (χ2n) is 10.6. The molecule has 2 aromatic carbocycles. The van der Waals surface area contributed by atoms with Crippen LogP contribution in [0.1, 0.15) is 74.9 Å². The maximum atomic E-state index is 13.5. The minimum atomic E-state index is -3.00. The number of hydrogen-bond acceptors (Lipinski definition) is 5. The lowest BCUT2D eigenvalue weighted by atomic mass is 9.79. The predicted molar refractivity (Wildman–Crippen MR) is 131 cm³/mol. The number of nitrogens with zero attached hydrogens (tertiary/aromatic N) is 3. The summed E-state index contributed by atoms with van der Waals surface area (Å²) in [5.74, 6) is 0.569. The van der Waals surface area contributed by atoms with E-state index in [1.807, 2.05) is 52.8 Å². The maximum Gasteiger partial charge on any atom is 0.494 e. The summed E-state index contributed by atoms with van der Waals surface area (Å²) >= 11 is 0. The van der Waals surface area contributed by atoms with Crippen LogP contribution in [0.3, 0.4) is 0 Å². The highest BCUT2D eigenvalue weighted by atomic mass is 19.3. The van der Waals surface area contributed by atoms with Crippen molar-refractivity contribution in [2.75, 3.05) is 6.54 Å². The molecule has 0 radical (unpaired) electrons. The van der Waals surface area contributed by atoms with E-state index in [1.165, 1.54) is 6.07 Å². The van der Waals surface area contributed by atoms with Crippen molar-refractivity contribution in [1.29, 1.82) is 0 Å². The first-order valence-corrected chi connectivity index (χ1v) is 12.3. The van der Waals surface area contributed by atoms with Gasteiger partial charge in [-0.15, -0.1) is 0 Å². The average molecular weight is 495 g/mol. The van der Waals surface area contributed by atoms with E-state index in [0.717, 1.165) is 22.3 Å². The Labute approximate surface area is 208 Å². The van der Waals surface area contributed by atoms with Gasteiger partial charge in [-0.05, 0) is 64.3 Å². The lowest BCUT2D eigenvalue weighted by molar-refractivity contribution is -0.0507. The smallest absolute Gasteiger partial charge is 0.434 e. The molecule has 188 valence electrons. The van der Waals surface area contributed by atoms with Gasteiger partial charge in [0.2, 0.25) is 0 Å². The van der Waals surface area contributed by atoms with E-state index in [-0.39, 0.29) is 23.7 Å². The minimum Gasteiger partial charge on any atom is -0.434 e. The summed E-state index contributed by atoms with van der Waals surface area (Å²) in [5.41, 5.74) is 2.35. The largest absolute Gasteiger partial charge is 0.494 e. The molecule has 3 aliphatic heterocycles. The first-order chi connectivity index (χ1) is 17.0. The zero-order valence-electron chi connectivity index (χ0n) is 20.9. The Morgan fingerprint density at radius 3 is 2.53 bits per heavy atom. The van der Waals surface area contributed by atoms with Crippen LogP contribution in [0.15, 0.2) is 36.4 Å².